The van der Waals surface area contributed by atoms with Gasteiger partial charge < -0.3 is 5.11 Å². The second kappa shape index (κ2) is 6.50. The van der Waals surface area contributed by atoms with Crippen LogP contribution in [0.1, 0.15) is 22.3 Å². The molecule has 0 atom stereocenters. The summed E-state index contributed by atoms with van der Waals surface area (Å²) in [6.45, 7) is 0.0271. The highest BCUT2D eigenvalue weighted by Crippen LogP contribution is 2.07. The third-order valence-corrected chi connectivity index (χ3v) is 2.53. The zero-order valence-corrected chi connectivity index (χ0v) is 11.0. The molecule has 0 aliphatic carbocycles. The Hall–Kier alpha value is -2.65. The van der Waals surface area contributed by atoms with E-state index in [1.165, 1.54) is 11.0 Å². The van der Waals surface area contributed by atoms with Gasteiger partial charge in [-0.3, -0.25) is 10.1 Å². The molecule has 6 nitrogen and oxygen atoms in total. The van der Waals surface area contributed by atoms with Crippen LogP contribution in [0.25, 0.3) is 0 Å². The maximum Gasteiger partial charge on any atom is 0.258 e. The number of aliphatic hydroxyl groups excluding tert-OH is 1. The van der Waals surface area contributed by atoms with Crippen molar-refractivity contribution in [3.05, 3.63) is 41.7 Å². The van der Waals surface area contributed by atoms with Gasteiger partial charge in [-0.05, 0) is 18.2 Å². The van der Waals surface area contributed by atoms with Crippen LogP contribution >= 0.6 is 0 Å². The lowest BCUT2D eigenvalue weighted by atomic mass is 10.1. The normalized spacial score (nSPS) is 9.70. The summed E-state index contributed by atoms with van der Waals surface area (Å²) < 4.78 is 1.48. The van der Waals surface area contributed by atoms with Gasteiger partial charge >= 0.3 is 0 Å². The Balaban J connectivity index is 2.13. The molecule has 0 unspecified atom stereocenters. The fraction of sp³-hybridized carbons (Fsp3) is 0.214. The van der Waals surface area contributed by atoms with Gasteiger partial charge in [-0.1, -0.05) is 17.9 Å². The van der Waals surface area contributed by atoms with Crippen LogP contribution < -0.4 is 5.32 Å². The molecule has 6 heteroatoms. The van der Waals surface area contributed by atoms with Gasteiger partial charge in [0, 0.05) is 24.6 Å². The summed E-state index contributed by atoms with van der Waals surface area (Å²) in [7, 11) is 1.69. The van der Waals surface area contributed by atoms with Gasteiger partial charge in [0.05, 0.1) is 6.61 Å². The zero-order chi connectivity index (χ0) is 14.4. The van der Waals surface area contributed by atoms with Crippen molar-refractivity contribution in [2.45, 2.75) is 6.42 Å². The van der Waals surface area contributed by atoms with Crippen LogP contribution in [0.3, 0.4) is 0 Å². The lowest BCUT2D eigenvalue weighted by Gasteiger charge is -2.04. The Labute approximate surface area is 116 Å². The molecular weight excluding hydrogens is 256 g/mol. The summed E-state index contributed by atoms with van der Waals surface area (Å²) >= 11 is 0. The van der Waals surface area contributed by atoms with Crippen molar-refractivity contribution < 1.29 is 9.90 Å². The van der Waals surface area contributed by atoms with Gasteiger partial charge in [-0.25, -0.2) is 4.68 Å². The number of hydrogen-bond donors (Lipinski definition) is 2. The number of nitrogens with one attached hydrogen (secondary N) is 1. The number of hydrogen-bond acceptors (Lipinski definition) is 4. The van der Waals surface area contributed by atoms with Gasteiger partial charge in [0.25, 0.3) is 5.91 Å². The number of carbonyl (C=O) groups is 1. The Morgan fingerprint density at radius 1 is 1.50 bits per heavy atom. The molecule has 1 amide bonds. The third kappa shape index (κ3) is 3.43. The molecule has 0 fully saturated rings. The van der Waals surface area contributed by atoms with Crippen LogP contribution in [0.4, 0.5) is 5.95 Å². The standard InChI is InChI=1S/C14H14N4O2/c1-18-14(15-10-16-18)17-13(20)12-7-4-6-11(9-12)5-2-3-8-19/h4,6-7,9-10,19H,3,8H2,1H3,(H,15,16,17,20). The molecule has 20 heavy (non-hydrogen) atoms. The number of carbonyl (C=O) groups excluding carboxylic acids is 1. The fourth-order valence-electron chi connectivity index (χ4n) is 1.54. The Bertz CT molecular complexity index is 667. The molecule has 2 rings (SSSR count). The SMILES string of the molecule is Cn1ncnc1NC(=O)c1cccc(C#CCCO)c1. The van der Waals surface area contributed by atoms with Crippen LogP contribution in [-0.4, -0.2) is 32.4 Å². The number of benzene rings is 1. The van der Waals surface area contributed by atoms with Crippen molar-refractivity contribution in [1.29, 1.82) is 0 Å². The first-order chi connectivity index (χ1) is 9.70. The van der Waals surface area contributed by atoms with Crippen LogP contribution in [-0.2, 0) is 7.05 Å². The van der Waals surface area contributed by atoms with E-state index in [2.05, 4.69) is 27.2 Å². The van der Waals surface area contributed by atoms with Crippen molar-refractivity contribution in [2.75, 3.05) is 11.9 Å². The smallest absolute Gasteiger partial charge is 0.258 e. The minimum Gasteiger partial charge on any atom is -0.395 e. The molecule has 1 heterocycles. The predicted molar refractivity (Wildman–Crippen MR) is 74.0 cm³/mol. The van der Waals surface area contributed by atoms with E-state index in [1.807, 2.05) is 6.07 Å². The summed E-state index contributed by atoms with van der Waals surface area (Å²) in [5.41, 5.74) is 1.22. The first kappa shape index (κ1) is 13.8. The lowest BCUT2D eigenvalue weighted by Crippen LogP contribution is -2.15. The highest BCUT2D eigenvalue weighted by Gasteiger charge is 2.09. The van der Waals surface area contributed by atoms with E-state index >= 15 is 0 Å². The Kier molecular flexibility index (Phi) is 4.47. The van der Waals surface area contributed by atoms with Crippen molar-refractivity contribution in [3.8, 4) is 11.8 Å². The van der Waals surface area contributed by atoms with Gasteiger partial charge in [0.1, 0.15) is 6.33 Å². The van der Waals surface area contributed by atoms with Crippen molar-refractivity contribution in [2.24, 2.45) is 7.05 Å². The number of anilines is 1. The molecule has 0 spiro atoms. The molecule has 2 aromatic rings. The molecule has 0 aliphatic heterocycles. The van der Waals surface area contributed by atoms with Gasteiger partial charge in [0.2, 0.25) is 5.95 Å². The average molecular weight is 270 g/mol. The molecule has 0 bridgehead atoms. The van der Waals surface area contributed by atoms with Gasteiger partial charge in [-0.15, -0.1) is 0 Å². The van der Waals surface area contributed by atoms with Crippen LogP contribution in [0.5, 0.6) is 0 Å². The highest BCUT2D eigenvalue weighted by atomic mass is 16.2. The monoisotopic (exact) mass is 270 g/mol. The number of aromatic nitrogens is 3. The van der Waals surface area contributed by atoms with E-state index in [0.29, 0.717) is 17.9 Å². The van der Waals surface area contributed by atoms with Crippen molar-refractivity contribution >= 4 is 11.9 Å². The molecule has 0 saturated heterocycles. The summed E-state index contributed by atoms with van der Waals surface area (Å²) in [6.07, 6.45) is 1.78. The molecular formula is C14H14N4O2. The number of aliphatic hydroxyl groups is 1. The van der Waals surface area contributed by atoms with Crippen LogP contribution in [0, 0.1) is 11.8 Å². The highest BCUT2D eigenvalue weighted by molar-refractivity contribution is 6.03. The van der Waals surface area contributed by atoms with E-state index in [4.69, 9.17) is 5.11 Å². The molecule has 0 saturated carbocycles. The Morgan fingerprint density at radius 3 is 3.05 bits per heavy atom. The maximum atomic E-state index is 12.1. The fourth-order valence-corrected chi connectivity index (χ4v) is 1.54. The van der Waals surface area contributed by atoms with E-state index in [0.717, 1.165) is 5.56 Å². The zero-order valence-electron chi connectivity index (χ0n) is 11.0. The first-order valence-electron chi connectivity index (χ1n) is 6.06. The van der Waals surface area contributed by atoms with Crippen LogP contribution in [0.2, 0.25) is 0 Å². The molecule has 0 radical (unpaired) electrons. The minimum absolute atomic E-state index is 0.0271. The van der Waals surface area contributed by atoms with E-state index in [9.17, 15) is 4.79 Å². The second-order valence-electron chi connectivity index (χ2n) is 4.02. The number of amides is 1. The maximum absolute atomic E-state index is 12.1. The average Bonchev–Trinajstić information content (AvgIpc) is 2.85. The van der Waals surface area contributed by atoms with E-state index < -0.39 is 0 Å². The number of rotatable bonds is 3. The number of aryl methyl sites for hydroxylation is 1. The molecule has 1 aromatic carbocycles. The lowest BCUT2D eigenvalue weighted by molar-refractivity contribution is 0.102. The second-order valence-corrected chi connectivity index (χ2v) is 4.02. The van der Waals surface area contributed by atoms with E-state index in [-0.39, 0.29) is 12.5 Å². The minimum atomic E-state index is -0.271. The largest absolute Gasteiger partial charge is 0.395 e. The van der Waals surface area contributed by atoms with Crippen molar-refractivity contribution in [3.63, 3.8) is 0 Å². The Morgan fingerprint density at radius 2 is 2.35 bits per heavy atom. The van der Waals surface area contributed by atoms with Crippen molar-refractivity contribution in [1.82, 2.24) is 14.8 Å². The summed E-state index contributed by atoms with van der Waals surface area (Å²) in [4.78, 5) is 16.0. The first-order valence-corrected chi connectivity index (χ1v) is 6.06. The van der Waals surface area contributed by atoms with E-state index in [1.54, 1.807) is 25.2 Å². The van der Waals surface area contributed by atoms with Gasteiger partial charge in [0.15, 0.2) is 0 Å². The molecule has 0 aliphatic rings. The molecule has 2 N–H and O–H groups in total. The molecule has 102 valence electrons. The predicted octanol–water partition coefficient (Wildman–Crippen LogP) is 0.801. The summed E-state index contributed by atoms with van der Waals surface area (Å²) in [6, 6.07) is 6.96. The van der Waals surface area contributed by atoms with Crippen LogP contribution in [0.15, 0.2) is 30.6 Å². The summed E-state index contributed by atoms with van der Waals surface area (Å²) in [5.74, 6) is 5.81. The number of nitrogens with zero attached hydrogens (tertiary/aromatic N) is 3. The molecule has 1 aromatic heterocycles. The topological polar surface area (TPSA) is 80.0 Å². The quantitative estimate of drug-likeness (QED) is 0.808. The summed E-state index contributed by atoms with van der Waals surface area (Å²) in [5, 5.41) is 15.2. The van der Waals surface area contributed by atoms with Gasteiger partial charge in [-0.2, -0.15) is 10.1 Å². The third-order valence-electron chi connectivity index (χ3n) is 2.53.